The van der Waals surface area contributed by atoms with E-state index in [1.807, 2.05) is 20.8 Å². The van der Waals surface area contributed by atoms with Gasteiger partial charge in [0.15, 0.2) is 0 Å². The highest BCUT2D eigenvalue weighted by Gasteiger charge is 2.19. The van der Waals surface area contributed by atoms with E-state index in [0.717, 1.165) is 6.61 Å². The lowest BCUT2D eigenvalue weighted by atomic mass is 10.2. The Hall–Kier alpha value is -0.610. The highest BCUT2D eigenvalue weighted by atomic mass is 16.5. The second-order valence-electron chi connectivity index (χ2n) is 5.06. The van der Waals surface area contributed by atoms with Crippen LogP contribution < -0.4 is 0 Å². The maximum atomic E-state index is 9.60. The third kappa shape index (κ3) is 7.65. The molecule has 1 heterocycles. The Morgan fingerprint density at radius 1 is 1.44 bits per heavy atom. The normalized spacial score (nSPS) is 21.2. The molecule has 1 saturated heterocycles. The van der Waals surface area contributed by atoms with Crippen molar-refractivity contribution in [2.45, 2.75) is 45.3 Å². The molecular weight excluding hydrogens is 206 g/mol. The lowest BCUT2D eigenvalue weighted by Gasteiger charge is -2.17. The Balaban J connectivity index is 0.000000293. The number of hydrogen-bond donors (Lipinski definition) is 0. The highest BCUT2D eigenvalue weighted by Crippen LogP contribution is 2.13. The second kappa shape index (κ2) is 7.63. The van der Waals surface area contributed by atoms with Crippen LogP contribution in [0.15, 0.2) is 0 Å². The number of carbonyl (C=O) groups is 1. The van der Waals surface area contributed by atoms with Crippen molar-refractivity contribution in [1.82, 2.24) is 4.90 Å². The number of rotatable bonds is 3. The van der Waals surface area contributed by atoms with Crippen molar-refractivity contribution in [3.8, 4) is 0 Å². The number of ether oxygens (including phenoxy) is 2. The van der Waals surface area contributed by atoms with Crippen LogP contribution in [0, 0.1) is 0 Å². The lowest BCUT2D eigenvalue weighted by molar-refractivity contribution is -0.138. The Bertz CT molecular complexity index is 189. The van der Waals surface area contributed by atoms with Crippen molar-refractivity contribution in [1.29, 1.82) is 0 Å². The minimum Gasteiger partial charge on any atom is -0.462 e. The van der Waals surface area contributed by atoms with Crippen molar-refractivity contribution in [3.63, 3.8) is 0 Å². The first-order valence-corrected chi connectivity index (χ1v) is 5.71. The molecule has 0 aromatic rings. The van der Waals surface area contributed by atoms with E-state index in [1.54, 1.807) is 7.11 Å². The van der Waals surface area contributed by atoms with Crippen molar-refractivity contribution in [3.05, 3.63) is 0 Å². The third-order valence-electron chi connectivity index (χ3n) is 2.43. The maximum Gasteiger partial charge on any atom is 0.293 e. The summed E-state index contributed by atoms with van der Waals surface area (Å²) in [6, 6.07) is 0.690. The van der Waals surface area contributed by atoms with Gasteiger partial charge in [-0.15, -0.1) is 0 Å². The molecule has 4 heteroatoms. The van der Waals surface area contributed by atoms with E-state index in [9.17, 15) is 4.79 Å². The van der Waals surface area contributed by atoms with Gasteiger partial charge in [0.25, 0.3) is 6.47 Å². The van der Waals surface area contributed by atoms with Crippen LogP contribution in [0.2, 0.25) is 0 Å². The molecule has 0 aliphatic carbocycles. The first kappa shape index (κ1) is 15.4. The van der Waals surface area contributed by atoms with Gasteiger partial charge in [0.05, 0.1) is 6.61 Å². The molecule has 1 atom stereocenters. The summed E-state index contributed by atoms with van der Waals surface area (Å²) in [5.41, 5.74) is -0.318. The summed E-state index contributed by atoms with van der Waals surface area (Å²) in [5, 5.41) is 0. The van der Waals surface area contributed by atoms with E-state index in [4.69, 9.17) is 4.74 Å². The molecule has 16 heavy (non-hydrogen) atoms. The van der Waals surface area contributed by atoms with E-state index in [0.29, 0.717) is 12.5 Å². The molecule has 0 aromatic carbocycles. The van der Waals surface area contributed by atoms with E-state index in [1.165, 1.54) is 19.4 Å². The zero-order valence-electron chi connectivity index (χ0n) is 11.2. The number of methoxy groups -OCH3 is 1. The molecule has 0 radical (unpaired) electrons. The fraction of sp³-hybridized carbons (Fsp3) is 0.917. The molecule has 0 aromatic heterocycles. The average molecular weight is 231 g/mol. The molecule has 4 nitrogen and oxygen atoms in total. The van der Waals surface area contributed by atoms with E-state index < -0.39 is 0 Å². The van der Waals surface area contributed by atoms with Gasteiger partial charge in [0, 0.05) is 13.2 Å². The standard InChI is InChI=1S/C7H15NO.C5H10O2/c1-8-5-3-4-7(8)6-9-2;1-5(2,3)7-4-6/h7H,3-6H2,1-2H3;4H,1-3H3. The minimum atomic E-state index is -0.318. The van der Waals surface area contributed by atoms with Crippen molar-refractivity contribution in [2.24, 2.45) is 0 Å². The van der Waals surface area contributed by atoms with E-state index >= 15 is 0 Å². The molecule has 1 aliphatic rings. The van der Waals surface area contributed by atoms with Crippen LogP contribution in [0.3, 0.4) is 0 Å². The molecule has 1 aliphatic heterocycles. The summed E-state index contributed by atoms with van der Waals surface area (Å²) >= 11 is 0. The SMILES string of the molecule is CC(C)(C)OC=O.COCC1CCCN1C. The van der Waals surface area contributed by atoms with Crippen LogP contribution >= 0.6 is 0 Å². The number of nitrogens with zero attached hydrogens (tertiary/aromatic N) is 1. The summed E-state index contributed by atoms with van der Waals surface area (Å²) in [7, 11) is 3.93. The first-order chi connectivity index (χ1) is 7.40. The monoisotopic (exact) mass is 231 g/mol. The van der Waals surface area contributed by atoms with Gasteiger partial charge in [-0.2, -0.15) is 0 Å². The third-order valence-corrected chi connectivity index (χ3v) is 2.43. The van der Waals surface area contributed by atoms with Gasteiger partial charge in [-0.3, -0.25) is 4.79 Å². The Labute approximate surface area is 98.9 Å². The summed E-state index contributed by atoms with van der Waals surface area (Å²) in [4.78, 5) is 12.0. The lowest BCUT2D eigenvalue weighted by Crippen LogP contribution is -2.28. The van der Waals surface area contributed by atoms with E-state index in [2.05, 4.69) is 16.7 Å². The van der Waals surface area contributed by atoms with Gasteiger partial charge in [0.2, 0.25) is 0 Å². The van der Waals surface area contributed by atoms with E-state index in [-0.39, 0.29) is 5.60 Å². The van der Waals surface area contributed by atoms with Gasteiger partial charge < -0.3 is 14.4 Å². The molecular formula is C12H25NO3. The fourth-order valence-electron chi connectivity index (χ4n) is 1.53. The van der Waals surface area contributed by atoms with Gasteiger partial charge in [0.1, 0.15) is 5.60 Å². The summed E-state index contributed by atoms with van der Waals surface area (Å²) < 4.78 is 9.60. The Kier molecular flexibility index (Phi) is 7.34. The van der Waals surface area contributed by atoms with Crippen LogP contribution in [-0.4, -0.2) is 50.3 Å². The van der Waals surface area contributed by atoms with Crippen molar-refractivity contribution < 1.29 is 14.3 Å². The summed E-state index contributed by atoms with van der Waals surface area (Å²) in [6.07, 6.45) is 2.65. The Morgan fingerprint density at radius 3 is 2.31 bits per heavy atom. The molecule has 0 N–H and O–H groups in total. The average Bonchev–Trinajstić information content (AvgIpc) is 2.52. The van der Waals surface area contributed by atoms with Gasteiger partial charge >= 0.3 is 0 Å². The summed E-state index contributed by atoms with van der Waals surface area (Å²) in [6.45, 7) is 8.06. The van der Waals surface area contributed by atoms with Gasteiger partial charge in [-0.1, -0.05) is 0 Å². The smallest absolute Gasteiger partial charge is 0.293 e. The maximum absolute atomic E-state index is 9.60. The predicted molar refractivity (Wildman–Crippen MR) is 64.4 cm³/mol. The van der Waals surface area contributed by atoms with Crippen LogP contribution in [0.1, 0.15) is 33.6 Å². The molecule has 0 bridgehead atoms. The zero-order valence-corrected chi connectivity index (χ0v) is 11.2. The number of hydrogen-bond acceptors (Lipinski definition) is 4. The molecule has 1 unspecified atom stereocenters. The summed E-state index contributed by atoms with van der Waals surface area (Å²) in [5.74, 6) is 0. The minimum absolute atomic E-state index is 0.318. The van der Waals surface area contributed by atoms with Crippen molar-refractivity contribution >= 4 is 6.47 Å². The zero-order chi connectivity index (χ0) is 12.6. The largest absolute Gasteiger partial charge is 0.462 e. The molecule has 0 spiro atoms. The number of likely N-dealkylation sites (N-methyl/N-ethyl adjacent to an activating group) is 1. The molecule has 0 amide bonds. The predicted octanol–water partition coefficient (Wildman–Crippen LogP) is 1.68. The second-order valence-corrected chi connectivity index (χ2v) is 5.06. The van der Waals surface area contributed by atoms with Crippen LogP contribution in [0.25, 0.3) is 0 Å². The number of carbonyl (C=O) groups excluding carboxylic acids is 1. The van der Waals surface area contributed by atoms with Crippen molar-refractivity contribution in [2.75, 3.05) is 27.3 Å². The van der Waals surface area contributed by atoms with Crippen LogP contribution in [-0.2, 0) is 14.3 Å². The molecule has 0 saturated carbocycles. The number of likely N-dealkylation sites (tertiary alicyclic amines) is 1. The molecule has 96 valence electrons. The fourth-order valence-corrected chi connectivity index (χ4v) is 1.53. The van der Waals surface area contributed by atoms with Gasteiger partial charge in [-0.25, -0.2) is 0 Å². The molecule has 1 rings (SSSR count). The topological polar surface area (TPSA) is 38.8 Å². The van der Waals surface area contributed by atoms with Crippen LogP contribution in [0.4, 0.5) is 0 Å². The van der Waals surface area contributed by atoms with Crippen LogP contribution in [0.5, 0.6) is 0 Å². The molecule has 1 fully saturated rings. The first-order valence-electron chi connectivity index (χ1n) is 5.71. The Morgan fingerprint density at radius 2 is 2.06 bits per heavy atom. The highest BCUT2D eigenvalue weighted by molar-refractivity contribution is 5.37. The van der Waals surface area contributed by atoms with Gasteiger partial charge in [-0.05, 0) is 47.2 Å². The quantitative estimate of drug-likeness (QED) is 0.693.